The number of rotatable bonds is 4. The Kier molecular flexibility index (Phi) is 5.53. The number of allylic oxidation sites excluding steroid dienone is 3. The first-order chi connectivity index (χ1) is 9.20. The molecule has 0 radical (unpaired) electrons. The van der Waals surface area contributed by atoms with Crippen molar-refractivity contribution < 1.29 is 24.1 Å². The van der Waals surface area contributed by atoms with Crippen LogP contribution in [0.4, 0.5) is 0 Å². The maximum absolute atomic E-state index is 11.2. The summed E-state index contributed by atoms with van der Waals surface area (Å²) in [7, 11) is 0. The van der Waals surface area contributed by atoms with Gasteiger partial charge in [0.1, 0.15) is 0 Å². The van der Waals surface area contributed by atoms with E-state index in [0.717, 1.165) is 39.3 Å². The van der Waals surface area contributed by atoms with Gasteiger partial charge < -0.3 is 0 Å². The molecule has 2 aliphatic rings. The van der Waals surface area contributed by atoms with E-state index in [1.807, 2.05) is 4.90 Å². The van der Waals surface area contributed by atoms with Crippen LogP contribution in [-0.2, 0) is 24.1 Å². The van der Waals surface area contributed by atoms with E-state index in [0.29, 0.717) is 6.04 Å². The van der Waals surface area contributed by atoms with Gasteiger partial charge in [0, 0.05) is 6.92 Å². The summed E-state index contributed by atoms with van der Waals surface area (Å²) in [5.74, 6) is 0.208. The van der Waals surface area contributed by atoms with Gasteiger partial charge in [-0.1, -0.05) is 0 Å². The van der Waals surface area contributed by atoms with Crippen molar-refractivity contribution in [3.05, 3.63) is 24.4 Å². The standard InChI is InChI=1S/C14H21N3O.W/c1-3-4-5-6-15-7-9-16(10-8-15)14-11-17(12-14)13(2)18;/h1,3-6,14H,7-12H2,2H3;/b4-3-,6-5?;. The van der Waals surface area contributed by atoms with Crippen LogP contribution in [-0.4, -0.2) is 70.3 Å². The van der Waals surface area contributed by atoms with E-state index >= 15 is 0 Å². The van der Waals surface area contributed by atoms with E-state index in [4.69, 9.17) is 0 Å². The third-order valence-corrected chi connectivity index (χ3v) is 4.34. The SMILES string of the molecule is CC(=O)N1CC(N2CCN(C=C/C=C\[CH]=[W])CC2)C1. The minimum atomic E-state index is 0.208. The number of hydrogen-bond acceptors (Lipinski definition) is 3. The van der Waals surface area contributed by atoms with Gasteiger partial charge in [0.15, 0.2) is 0 Å². The zero-order valence-electron chi connectivity index (χ0n) is 11.4. The van der Waals surface area contributed by atoms with Crippen LogP contribution in [0.2, 0.25) is 0 Å². The normalized spacial score (nSPS) is 22.2. The quantitative estimate of drug-likeness (QED) is 0.598. The molecule has 0 aromatic carbocycles. The average Bonchev–Trinajstić information content (AvgIpc) is 2.34. The van der Waals surface area contributed by atoms with E-state index in [1.54, 1.807) is 6.92 Å². The zero-order valence-corrected chi connectivity index (χ0v) is 14.3. The molecule has 2 aliphatic heterocycles. The molecule has 0 bridgehead atoms. The summed E-state index contributed by atoms with van der Waals surface area (Å²) in [6.07, 6.45) is 8.44. The van der Waals surface area contributed by atoms with Gasteiger partial charge >= 0.3 is 108 Å². The van der Waals surface area contributed by atoms with Crippen LogP contribution < -0.4 is 0 Å². The third kappa shape index (κ3) is 4.12. The van der Waals surface area contributed by atoms with Crippen LogP contribution in [0.3, 0.4) is 0 Å². The van der Waals surface area contributed by atoms with E-state index < -0.39 is 0 Å². The molecule has 2 fully saturated rings. The summed E-state index contributed by atoms with van der Waals surface area (Å²) in [5.41, 5.74) is 0. The van der Waals surface area contributed by atoms with Gasteiger partial charge in [-0.2, -0.15) is 0 Å². The van der Waals surface area contributed by atoms with Gasteiger partial charge in [-0.3, -0.25) is 4.79 Å². The predicted octanol–water partition coefficient (Wildman–Crippen LogP) is 0.254. The molecule has 0 aromatic heterocycles. The molecule has 0 spiro atoms. The molecule has 1 amide bonds. The molecular formula is C14H21N3OW. The van der Waals surface area contributed by atoms with E-state index in [1.165, 1.54) is 19.4 Å². The van der Waals surface area contributed by atoms with E-state index in [9.17, 15) is 4.79 Å². The van der Waals surface area contributed by atoms with Crippen molar-refractivity contribution in [3.8, 4) is 0 Å². The predicted molar refractivity (Wildman–Crippen MR) is 73.5 cm³/mol. The first-order valence-corrected chi connectivity index (χ1v) is 8.42. The van der Waals surface area contributed by atoms with Gasteiger partial charge in [0.25, 0.3) is 0 Å². The Hall–Kier alpha value is -0.732. The Morgan fingerprint density at radius 2 is 1.79 bits per heavy atom. The molecule has 104 valence electrons. The Morgan fingerprint density at radius 1 is 1.11 bits per heavy atom. The Balaban J connectivity index is 1.69. The van der Waals surface area contributed by atoms with Crippen molar-refractivity contribution in [2.24, 2.45) is 0 Å². The average molecular weight is 431 g/mol. The summed E-state index contributed by atoms with van der Waals surface area (Å²) in [5, 5.41) is 0. The molecule has 19 heavy (non-hydrogen) atoms. The van der Waals surface area contributed by atoms with Gasteiger partial charge in [0.2, 0.25) is 5.91 Å². The number of carbonyl (C=O) groups excluding carboxylic acids is 1. The molecular weight excluding hydrogens is 410 g/mol. The number of carbonyl (C=O) groups is 1. The van der Waals surface area contributed by atoms with Crippen LogP contribution in [0.15, 0.2) is 24.4 Å². The zero-order chi connectivity index (χ0) is 13.7. The van der Waals surface area contributed by atoms with Crippen LogP contribution >= 0.6 is 0 Å². The molecule has 4 nitrogen and oxygen atoms in total. The fraction of sp³-hybridized carbons (Fsp3) is 0.571. The molecule has 2 heterocycles. The van der Waals surface area contributed by atoms with Crippen molar-refractivity contribution in [2.75, 3.05) is 39.3 Å². The van der Waals surface area contributed by atoms with Gasteiger partial charge in [-0.05, 0) is 0 Å². The second-order valence-electron chi connectivity index (χ2n) is 5.01. The Bertz CT molecular complexity index is 380. The molecule has 0 aromatic rings. The molecule has 0 unspecified atom stereocenters. The summed E-state index contributed by atoms with van der Waals surface area (Å²) in [4.78, 5) is 18.0. The van der Waals surface area contributed by atoms with Crippen LogP contribution in [0.5, 0.6) is 0 Å². The fourth-order valence-electron chi connectivity index (χ4n) is 2.48. The Labute approximate surface area is 126 Å². The molecule has 0 saturated carbocycles. The number of hydrogen-bond donors (Lipinski definition) is 0. The molecule has 5 heteroatoms. The van der Waals surface area contributed by atoms with Gasteiger partial charge in [-0.25, -0.2) is 0 Å². The van der Waals surface area contributed by atoms with Crippen LogP contribution in [0.1, 0.15) is 6.92 Å². The van der Waals surface area contributed by atoms with Crippen molar-refractivity contribution >= 4 is 10.3 Å². The second-order valence-corrected chi connectivity index (χ2v) is 5.99. The second kappa shape index (κ2) is 7.16. The van der Waals surface area contributed by atoms with Gasteiger partial charge in [-0.15, -0.1) is 0 Å². The Morgan fingerprint density at radius 3 is 2.37 bits per heavy atom. The van der Waals surface area contributed by atoms with Gasteiger partial charge in [0.05, 0.1) is 0 Å². The van der Waals surface area contributed by atoms with Crippen molar-refractivity contribution in [2.45, 2.75) is 13.0 Å². The van der Waals surface area contributed by atoms with Crippen LogP contribution in [0.25, 0.3) is 0 Å². The van der Waals surface area contributed by atoms with E-state index in [2.05, 4.69) is 38.6 Å². The third-order valence-electron chi connectivity index (χ3n) is 3.77. The first-order valence-electron chi connectivity index (χ1n) is 6.73. The number of likely N-dealkylation sites (tertiary alicyclic amines) is 1. The van der Waals surface area contributed by atoms with Crippen molar-refractivity contribution in [3.63, 3.8) is 0 Å². The molecule has 2 saturated heterocycles. The number of amides is 1. The summed E-state index contributed by atoms with van der Waals surface area (Å²) >= 11 is 1.48. The van der Waals surface area contributed by atoms with Crippen molar-refractivity contribution in [1.82, 2.24) is 14.7 Å². The van der Waals surface area contributed by atoms with Crippen molar-refractivity contribution in [1.29, 1.82) is 0 Å². The topological polar surface area (TPSA) is 26.8 Å². The summed E-state index contributed by atoms with van der Waals surface area (Å²) < 4.78 is 2.11. The summed E-state index contributed by atoms with van der Waals surface area (Å²) in [6.45, 7) is 7.87. The molecule has 2 rings (SSSR count). The number of nitrogens with zero attached hydrogens (tertiary/aromatic N) is 3. The number of piperazine rings is 1. The van der Waals surface area contributed by atoms with E-state index in [-0.39, 0.29) is 5.91 Å². The molecule has 0 aliphatic carbocycles. The van der Waals surface area contributed by atoms with Crippen LogP contribution in [0, 0.1) is 0 Å². The molecule has 0 atom stereocenters. The first kappa shape index (κ1) is 14.7. The maximum atomic E-state index is 11.2. The fourth-order valence-corrected chi connectivity index (χ4v) is 2.80. The summed E-state index contributed by atoms with van der Waals surface area (Å²) in [6, 6.07) is 0.590. The minimum absolute atomic E-state index is 0.208. The monoisotopic (exact) mass is 431 g/mol. The molecule has 0 N–H and O–H groups in total.